The minimum atomic E-state index is -3.74. The molecular formula is C33H40N2O2S. The summed E-state index contributed by atoms with van der Waals surface area (Å²) in [6, 6.07) is 26.3. The van der Waals surface area contributed by atoms with E-state index in [9.17, 15) is 8.42 Å². The summed E-state index contributed by atoms with van der Waals surface area (Å²) in [5.41, 5.74) is 7.56. The van der Waals surface area contributed by atoms with Gasteiger partial charge in [0.25, 0.3) is 0 Å². The number of hydrogen-bond acceptors (Lipinski definition) is 3. The molecule has 2 atom stereocenters. The summed E-state index contributed by atoms with van der Waals surface area (Å²) in [6.07, 6.45) is 7.82. The van der Waals surface area contributed by atoms with Gasteiger partial charge in [0, 0.05) is 0 Å². The average molecular weight is 529 g/mol. The highest BCUT2D eigenvalue weighted by molar-refractivity contribution is 7.89. The molecule has 0 amide bonds. The van der Waals surface area contributed by atoms with Crippen LogP contribution < -0.4 is 10.0 Å². The lowest BCUT2D eigenvalue weighted by molar-refractivity contribution is 0.417. The first-order chi connectivity index (χ1) is 18.3. The third-order valence-electron chi connectivity index (χ3n) is 7.47. The molecule has 0 unspecified atom stereocenters. The van der Waals surface area contributed by atoms with Crippen LogP contribution in [0.25, 0.3) is 0 Å². The van der Waals surface area contributed by atoms with E-state index >= 15 is 0 Å². The van der Waals surface area contributed by atoms with Crippen LogP contribution in [0, 0.1) is 6.92 Å². The average Bonchev–Trinajstić information content (AvgIpc) is 2.93. The predicted octanol–water partition coefficient (Wildman–Crippen LogP) is 7.57. The normalized spacial score (nSPS) is 15.7. The van der Waals surface area contributed by atoms with Gasteiger partial charge in [-0.2, -0.15) is 0 Å². The molecule has 200 valence electrons. The molecule has 0 saturated carbocycles. The van der Waals surface area contributed by atoms with Crippen molar-refractivity contribution in [3.63, 3.8) is 0 Å². The monoisotopic (exact) mass is 528 g/mol. The molecule has 0 spiro atoms. The Balaban J connectivity index is 1.52. The lowest BCUT2D eigenvalue weighted by atomic mass is 9.91. The van der Waals surface area contributed by atoms with E-state index in [1.54, 1.807) is 17.7 Å². The van der Waals surface area contributed by atoms with E-state index in [2.05, 4.69) is 42.1 Å². The van der Waals surface area contributed by atoms with Crippen molar-refractivity contribution in [2.24, 2.45) is 0 Å². The molecule has 38 heavy (non-hydrogen) atoms. The van der Waals surface area contributed by atoms with Gasteiger partial charge in [-0.25, -0.2) is 13.1 Å². The van der Waals surface area contributed by atoms with E-state index in [-0.39, 0.29) is 10.9 Å². The Morgan fingerprint density at radius 2 is 1.34 bits per heavy atom. The van der Waals surface area contributed by atoms with Crippen LogP contribution in [-0.4, -0.2) is 15.0 Å². The quantitative estimate of drug-likeness (QED) is 0.188. The van der Waals surface area contributed by atoms with Gasteiger partial charge in [0.15, 0.2) is 0 Å². The van der Waals surface area contributed by atoms with Crippen molar-refractivity contribution in [2.75, 3.05) is 6.54 Å². The first-order valence-corrected chi connectivity index (χ1v) is 15.1. The number of hydrogen-bond donors (Lipinski definition) is 2. The summed E-state index contributed by atoms with van der Waals surface area (Å²) < 4.78 is 30.1. The van der Waals surface area contributed by atoms with Gasteiger partial charge in [0.05, 0.1) is 17.0 Å². The number of aryl methyl sites for hydroxylation is 1. The standard InChI is InChI=1S/C33H40N2O2S/c1-25-17-21-31(22-18-25)38(36,37)35-33(30-15-8-5-9-16-30)32(29-13-6-4-7-14-29)34-23-11-10-12-28-20-19-26(2)27(3)24-28/h4-9,13-18,20-22,32-35H,10-12,19,23-24H2,1-3H3/t32-,33+/m1/s1. The summed E-state index contributed by atoms with van der Waals surface area (Å²) >= 11 is 0. The number of rotatable bonds is 12. The first kappa shape index (κ1) is 28.0. The topological polar surface area (TPSA) is 58.2 Å². The second-order valence-electron chi connectivity index (χ2n) is 10.4. The first-order valence-electron chi connectivity index (χ1n) is 13.6. The minimum absolute atomic E-state index is 0.222. The van der Waals surface area contributed by atoms with Crippen LogP contribution in [0.4, 0.5) is 0 Å². The molecule has 1 aliphatic carbocycles. The van der Waals surface area contributed by atoms with Gasteiger partial charge < -0.3 is 5.32 Å². The Kier molecular flexibility index (Phi) is 9.73. The van der Waals surface area contributed by atoms with Crippen LogP contribution in [0.1, 0.15) is 74.7 Å². The summed E-state index contributed by atoms with van der Waals surface area (Å²) in [6.45, 7) is 7.23. The van der Waals surface area contributed by atoms with Gasteiger partial charge in [-0.05, 0) is 82.7 Å². The van der Waals surface area contributed by atoms with Gasteiger partial charge in [-0.15, -0.1) is 0 Å². The SMILES string of the molecule is CC1=C(C)CC(CCCCN[C@H](c2ccccc2)[C@@H](NS(=O)(=O)c2ccc(C)cc2)c2ccccc2)=CC1. The van der Waals surface area contributed by atoms with Crippen molar-refractivity contribution in [1.29, 1.82) is 0 Å². The third kappa shape index (κ3) is 7.53. The maximum atomic E-state index is 13.5. The highest BCUT2D eigenvalue weighted by atomic mass is 32.2. The molecule has 4 nitrogen and oxygen atoms in total. The largest absolute Gasteiger partial charge is 0.308 e. The van der Waals surface area contributed by atoms with Crippen molar-refractivity contribution >= 4 is 10.0 Å². The van der Waals surface area contributed by atoms with E-state index in [0.29, 0.717) is 0 Å². The lowest BCUT2D eigenvalue weighted by Gasteiger charge is -2.30. The molecule has 3 aromatic carbocycles. The molecule has 1 aliphatic rings. The minimum Gasteiger partial charge on any atom is -0.308 e. The molecule has 0 radical (unpaired) electrons. The number of nitrogens with one attached hydrogen (secondary N) is 2. The van der Waals surface area contributed by atoms with Crippen molar-refractivity contribution in [1.82, 2.24) is 10.0 Å². The summed E-state index contributed by atoms with van der Waals surface area (Å²) in [5, 5.41) is 3.72. The Morgan fingerprint density at radius 1 is 0.737 bits per heavy atom. The predicted molar refractivity (Wildman–Crippen MR) is 157 cm³/mol. The molecular weight excluding hydrogens is 488 g/mol. The molecule has 3 aromatic rings. The second-order valence-corrected chi connectivity index (χ2v) is 12.1. The molecule has 5 heteroatoms. The molecule has 0 fully saturated rings. The lowest BCUT2D eigenvalue weighted by Crippen LogP contribution is -2.39. The highest BCUT2D eigenvalue weighted by Crippen LogP contribution is 2.31. The maximum absolute atomic E-state index is 13.5. The number of unbranched alkanes of at least 4 members (excludes halogenated alkanes) is 1. The van der Waals surface area contributed by atoms with Crippen LogP contribution in [-0.2, 0) is 10.0 Å². The highest BCUT2D eigenvalue weighted by Gasteiger charge is 2.29. The zero-order chi connectivity index (χ0) is 27.0. The van der Waals surface area contributed by atoms with Crippen molar-refractivity contribution in [2.45, 2.75) is 69.9 Å². The van der Waals surface area contributed by atoms with Crippen LogP contribution in [0.3, 0.4) is 0 Å². The number of sulfonamides is 1. The van der Waals surface area contributed by atoms with Gasteiger partial charge in [0.2, 0.25) is 10.0 Å². The third-order valence-corrected chi connectivity index (χ3v) is 8.93. The zero-order valence-electron chi connectivity index (χ0n) is 22.8. The molecule has 0 aliphatic heterocycles. The van der Waals surface area contributed by atoms with Crippen LogP contribution in [0.2, 0.25) is 0 Å². The smallest absolute Gasteiger partial charge is 0.241 e. The van der Waals surface area contributed by atoms with E-state index < -0.39 is 16.1 Å². The molecule has 0 saturated heterocycles. The fourth-order valence-corrected chi connectivity index (χ4v) is 6.23. The molecule has 2 N–H and O–H groups in total. The van der Waals surface area contributed by atoms with Crippen LogP contribution in [0.5, 0.6) is 0 Å². The van der Waals surface area contributed by atoms with E-state index in [1.165, 1.54) is 11.1 Å². The number of benzene rings is 3. The maximum Gasteiger partial charge on any atom is 0.241 e. The summed E-state index contributed by atoms with van der Waals surface area (Å²) in [7, 11) is -3.74. The zero-order valence-corrected chi connectivity index (χ0v) is 23.6. The van der Waals surface area contributed by atoms with Crippen molar-refractivity contribution < 1.29 is 8.42 Å². The van der Waals surface area contributed by atoms with E-state index in [0.717, 1.165) is 55.3 Å². The van der Waals surface area contributed by atoms with Crippen molar-refractivity contribution in [3.05, 3.63) is 124 Å². The Morgan fingerprint density at radius 3 is 1.95 bits per heavy atom. The second kappa shape index (κ2) is 13.2. The molecule has 0 heterocycles. The van der Waals surface area contributed by atoms with Gasteiger partial charge >= 0.3 is 0 Å². The van der Waals surface area contributed by atoms with E-state index in [1.807, 2.05) is 67.6 Å². The fraction of sp³-hybridized carbons (Fsp3) is 0.333. The van der Waals surface area contributed by atoms with Gasteiger partial charge in [0.1, 0.15) is 0 Å². The van der Waals surface area contributed by atoms with Gasteiger partial charge in [-0.1, -0.05) is 101 Å². The summed E-state index contributed by atoms with van der Waals surface area (Å²) in [4.78, 5) is 0.274. The Bertz CT molecular complexity index is 1350. The summed E-state index contributed by atoms with van der Waals surface area (Å²) in [5.74, 6) is 0. The van der Waals surface area contributed by atoms with Gasteiger partial charge in [-0.3, -0.25) is 0 Å². The Hall–Kier alpha value is -2.99. The number of allylic oxidation sites excluding steroid dienone is 4. The molecule has 0 bridgehead atoms. The Labute approximate surface area is 228 Å². The van der Waals surface area contributed by atoms with Crippen LogP contribution >= 0.6 is 0 Å². The fourth-order valence-electron chi connectivity index (χ4n) is 4.99. The molecule has 0 aromatic heterocycles. The van der Waals surface area contributed by atoms with Crippen molar-refractivity contribution in [3.8, 4) is 0 Å². The van der Waals surface area contributed by atoms with Crippen LogP contribution in [0.15, 0.2) is 113 Å². The molecule has 4 rings (SSSR count). The van der Waals surface area contributed by atoms with E-state index in [4.69, 9.17) is 0 Å².